The van der Waals surface area contributed by atoms with Gasteiger partial charge in [0.05, 0.1) is 5.56 Å². The van der Waals surface area contributed by atoms with Gasteiger partial charge in [-0.3, -0.25) is 14.4 Å². The van der Waals surface area contributed by atoms with Crippen LogP contribution in [0.4, 0.5) is 5.69 Å². The lowest BCUT2D eigenvalue weighted by Gasteiger charge is -2.24. The van der Waals surface area contributed by atoms with E-state index in [9.17, 15) is 19.5 Å². The van der Waals surface area contributed by atoms with Crippen LogP contribution in [0.15, 0.2) is 60.7 Å². The molecule has 1 aliphatic heterocycles. The summed E-state index contributed by atoms with van der Waals surface area (Å²) in [5.41, 5.74) is 1.23. The molecule has 1 aliphatic rings. The molecule has 0 radical (unpaired) electrons. The van der Waals surface area contributed by atoms with Crippen molar-refractivity contribution in [2.24, 2.45) is 0 Å². The average Bonchev–Trinajstić information content (AvgIpc) is 3.29. The fourth-order valence-electron chi connectivity index (χ4n) is 3.94. The summed E-state index contributed by atoms with van der Waals surface area (Å²) in [6.45, 7) is 0.443. The summed E-state index contributed by atoms with van der Waals surface area (Å²) in [5.74, 6) is -0.936. The molecule has 31 heavy (non-hydrogen) atoms. The highest BCUT2D eigenvalue weighted by Gasteiger charge is 2.35. The van der Waals surface area contributed by atoms with Crippen molar-refractivity contribution in [3.63, 3.8) is 0 Å². The highest BCUT2D eigenvalue weighted by molar-refractivity contribution is 6.06. The van der Waals surface area contributed by atoms with Crippen LogP contribution in [-0.4, -0.2) is 47.4 Å². The SMILES string of the molecule is CNC(=O)c1ccc(NC(=O)C2CCCN2C(=O)c2ccc3ccccc3c2O)cc1. The predicted molar refractivity (Wildman–Crippen MR) is 118 cm³/mol. The van der Waals surface area contributed by atoms with Crippen LogP contribution < -0.4 is 10.6 Å². The van der Waals surface area contributed by atoms with E-state index in [-0.39, 0.29) is 29.0 Å². The monoisotopic (exact) mass is 417 g/mol. The molecule has 3 amide bonds. The summed E-state index contributed by atoms with van der Waals surface area (Å²) in [5, 5.41) is 17.5. The van der Waals surface area contributed by atoms with Gasteiger partial charge in [0.15, 0.2) is 0 Å². The molecule has 3 aromatic carbocycles. The minimum Gasteiger partial charge on any atom is -0.506 e. The molecule has 1 fully saturated rings. The zero-order valence-electron chi connectivity index (χ0n) is 17.1. The van der Waals surface area contributed by atoms with Gasteiger partial charge in [0, 0.05) is 30.2 Å². The predicted octanol–water partition coefficient (Wildman–Crippen LogP) is 3.15. The number of hydrogen-bond donors (Lipinski definition) is 3. The lowest BCUT2D eigenvalue weighted by atomic mass is 10.0. The number of likely N-dealkylation sites (tertiary alicyclic amines) is 1. The van der Waals surface area contributed by atoms with E-state index in [1.807, 2.05) is 12.1 Å². The number of amides is 3. The van der Waals surface area contributed by atoms with E-state index in [1.165, 1.54) is 4.90 Å². The van der Waals surface area contributed by atoms with Gasteiger partial charge < -0.3 is 20.6 Å². The van der Waals surface area contributed by atoms with E-state index in [1.54, 1.807) is 55.6 Å². The number of nitrogens with zero attached hydrogens (tertiary/aromatic N) is 1. The van der Waals surface area contributed by atoms with Gasteiger partial charge in [0.2, 0.25) is 5.91 Å². The fourth-order valence-corrected chi connectivity index (χ4v) is 3.94. The van der Waals surface area contributed by atoms with Crippen LogP contribution in [0.5, 0.6) is 5.75 Å². The Morgan fingerprint density at radius 3 is 2.48 bits per heavy atom. The lowest BCUT2D eigenvalue weighted by Crippen LogP contribution is -2.43. The van der Waals surface area contributed by atoms with E-state index >= 15 is 0 Å². The van der Waals surface area contributed by atoms with Gasteiger partial charge in [-0.1, -0.05) is 30.3 Å². The van der Waals surface area contributed by atoms with Gasteiger partial charge >= 0.3 is 0 Å². The van der Waals surface area contributed by atoms with Crippen LogP contribution in [0.1, 0.15) is 33.6 Å². The summed E-state index contributed by atoms with van der Waals surface area (Å²) in [6, 6.07) is 16.6. The molecule has 7 heteroatoms. The largest absolute Gasteiger partial charge is 0.506 e. The van der Waals surface area contributed by atoms with Crippen LogP contribution in [-0.2, 0) is 4.79 Å². The summed E-state index contributed by atoms with van der Waals surface area (Å²) in [6.07, 6.45) is 1.25. The van der Waals surface area contributed by atoms with Gasteiger partial charge in [0.25, 0.3) is 11.8 Å². The lowest BCUT2D eigenvalue weighted by molar-refractivity contribution is -0.119. The number of anilines is 1. The van der Waals surface area contributed by atoms with Gasteiger partial charge in [-0.25, -0.2) is 0 Å². The number of phenols is 1. The maximum Gasteiger partial charge on any atom is 0.258 e. The van der Waals surface area contributed by atoms with Crippen molar-refractivity contribution in [2.75, 3.05) is 18.9 Å². The number of benzene rings is 3. The summed E-state index contributed by atoms with van der Waals surface area (Å²) >= 11 is 0. The second-order valence-corrected chi connectivity index (χ2v) is 7.49. The van der Waals surface area contributed by atoms with Gasteiger partial charge in [-0.15, -0.1) is 0 Å². The number of rotatable bonds is 4. The maximum absolute atomic E-state index is 13.2. The zero-order chi connectivity index (χ0) is 22.0. The first-order chi connectivity index (χ1) is 15.0. The number of nitrogens with one attached hydrogen (secondary N) is 2. The van der Waals surface area contributed by atoms with Crippen molar-refractivity contribution >= 4 is 34.2 Å². The van der Waals surface area contributed by atoms with E-state index in [0.29, 0.717) is 36.0 Å². The first-order valence-electron chi connectivity index (χ1n) is 10.1. The van der Waals surface area contributed by atoms with Crippen molar-refractivity contribution < 1.29 is 19.5 Å². The highest BCUT2D eigenvalue weighted by Crippen LogP contribution is 2.31. The van der Waals surface area contributed by atoms with E-state index in [0.717, 1.165) is 5.39 Å². The molecule has 1 unspecified atom stereocenters. The minimum absolute atomic E-state index is 0.0704. The Hall–Kier alpha value is -3.87. The normalized spacial score (nSPS) is 15.6. The first kappa shape index (κ1) is 20.4. The van der Waals surface area contributed by atoms with Crippen LogP contribution in [0, 0.1) is 0 Å². The molecule has 1 heterocycles. The molecule has 1 atom stereocenters. The van der Waals surface area contributed by atoms with Crippen molar-refractivity contribution in [1.29, 1.82) is 0 Å². The number of carbonyl (C=O) groups excluding carboxylic acids is 3. The Morgan fingerprint density at radius 2 is 1.74 bits per heavy atom. The molecule has 7 nitrogen and oxygen atoms in total. The number of phenolic OH excluding ortho intramolecular Hbond substituents is 1. The Bertz CT molecular complexity index is 1160. The summed E-state index contributed by atoms with van der Waals surface area (Å²) < 4.78 is 0. The maximum atomic E-state index is 13.2. The van der Waals surface area contributed by atoms with Crippen molar-refractivity contribution in [3.8, 4) is 5.75 Å². The van der Waals surface area contributed by atoms with Crippen LogP contribution in [0.2, 0.25) is 0 Å². The Balaban J connectivity index is 1.52. The molecule has 0 saturated carbocycles. The van der Waals surface area contributed by atoms with Crippen molar-refractivity contribution in [1.82, 2.24) is 10.2 Å². The number of hydrogen-bond acceptors (Lipinski definition) is 4. The number of fused-ring (bicyclic) bond motifs is 1. The first-order valence-corrected chi connectivity index (χ1v) is 10.1. The van der Waals surface area contributed by atoms with E-state index in [2.05, 4.69) is 10.6 Å². The third kappa shape index (κ3) is 3.94. The highest BCUT2D eigenvalue weighted by atomic mass is 16.3. The minimum atomic E-state index is -0.628. The molecular weight excluding hydrogens is 394 g/mol. The molecule has 3 N–H and O–H groups in total. The Kier molecular flexibility index (Phi) is 5.58. The van der Waals surface area contributed by atoms with E-state index < -0.39 is 6.04 Å². The van der Waals surface area contributed by atoms with Gasteiger partial charge in [-0.2, -0.15) is 0 Å². The third-order valence-corrected chi connectivity index (χ3v) is 5.59. The summed E-state index contributed by atoms with van der Waals surface area (Å²) in [7, 11) is 1.55. The second-order valence-electron chi connectivity index (χ2n) is 7.49. The van der Waals surface area contributed by atoms with Crippen LogP contribution in [0.3, 0.4) is 0 Å². The molecule has 158 valence electrons. The second kappa shape index (κ2) is 8.47. The van der Waals surface area contributed by atoms with E-state index in [4.69, 9.17) is 0 Å². The summed E-state index contributed by atoms with van der Waals surface area (Å²) in [4.78, 5) is 39.2. The smallest absolute Gasteiger partial charge is 0.258 e. The average molecular weight is 417 g/mol. The molecule has 0 aliphatic carbocycles. The van der Waals surface area contributed by atoms with Crippen molar-refractivity contribution in [3.05, 3.63) is 71.8 Å². The van der Waals surface area contributed by atoms with Gasteiger partial charge in [0.1, 0.15) is 11.8 Å². The molecular formula is C24H23N3O4. The molecule has 0 bridgehead atoms. The number of aromatic hydroxyl groups is 1. The molecule has 0 aromatic heterocycles. The molecule has 3 aromatic rings. The van der Waals surface area contributed by atoms with Crippen LogP contribution in [0.25, 0.3) is 10.8 Å². The van der Waals surface area contributed by atoms with Gasteiger partial charge in [-0.05, 0) is 48.6 Å². The zero-order valence-corrected chi connectivity index (χ0v) is 17.1. The third-order valence-electron chi connectivity index (χ3n) is 5.59. The molecule has 4 rings (SSSR count). The molecule has 1 saturated heterocycles. The fraction of sp³-hybridized carbons (Fsp3) is 0.208. The quantitative estimate of drug-likeness (QED) is 0.607. The standard InChI is InChI=1S/C24H23N3O4/c1-25-22(29)16-8-11-17(12-9-16)26-23(30)20-7-4-14-27(20)24(31)19-13-10-15-5-2-3-6-18(15)21(19)28/h2-3,5-6,8-13,20,28H,4,7,14H2,1H3,(H,25,29)(H,26,30). The topological polar surface area (TPSA) is 98.7 Å². The molecule has 0 spiro atoms. The number of carbonyl (C=O) groups is 3. The van der Waals surface area contributed by atoms with Crippen molar-refractivity contribution in [2.45, 2.75) is 18.9 Å². The Labute approximate surface area is 179 Å². The Morgan fingerprint density at radius 1 is 1.00 bits per heavy atom. The van der Waals surface area contributed by atoms with Crippen LogP contribution >= 0.6 is 0 Å².